The minimum absolute atomic E-state index is 0.692. The Morgan fingerprint density at radius 2 is 1.80 bits per heavy atom. The van der Waals surface area contributed by atoms with Gasteiger partial charge in [0.25, 0.3) is 0 Å². The molecule has 1 aromatic rings. The number of halogens is 1. The number of piperidine rings is 1. The van der Waals surface area contributed by atoms with Gasteiger partial charge in [-0.25, -0.2) is 0 Å². The summed E-state index contributed by atoms with van der Waals surface area (Å²) in [6.45, 7) is 4.78. The molecule has 110 valence electrons. The van der Waals surface area contributed by atoms with Gasteiger partial charge < -0.3 is 5.32 Å². The van der Waals surface area contributed by atoms with Crippen LogP contribution in [-0.4, -0.2) is 13.1 Å². The Hall–Kier alpha value is -0.340. The van der Waals surface area contributed by atoms with Crippen molar-refractivity contribution in [3.63, 3.8) is 0 Å². The van der Waals surface area contributed by atoms with Gasteiger partial charge in [-0.1, -0.05) is 53.9 Å². The van der Waals surface area contributed by atoms with Gasteiger partial charge in [-0.05, 0) is 55.2 Å². The molecule has 2 unspecified atom stereocenters. The molecular weight excluding hydrogens is 310 g/mol. The van der Waals surface area contributed by atoms with Crippen molar-refractivity contribution in [1.29, 1.82) is 0 Å². The van der Waals surface area contributed by atoms with Crippen LogP contribution in [0.3, 0.4) is 0 Å². The summed E-state index contributed by atoms with van der Waals surface area (Å²) in [6.07, 6.45) is 7.14. The molecule has 2 aliphatic rings. The van der Waals surface area contributed by atoms with E-state index in [1.807, 2.05) is 0 Å². The minimum Gasteiger partial charge on any atom is -0.316 e. The molecule has 0 aromatic heterocycles. The molecule has 1 aliphatic heterocycles. The van der Waals surface area contributed by atoms with E-state index >= 15 is 0 Å². The van der Waals surface area contributed by atoms with Crippen LogP contribution in [0.15, 0.2) is 28.7 Å². The predicted octanol–water partition coefficient (Wildman–Crippen LogP) is 4.97. The van der Waals surface area contributed by atoms with Crippen LogP contribution >= 0.6 is 15.9 Å². The summed E-state index contributed by atoms with van der Waals surface area (Å²) in [5.74, 6) is 3.47. The fourth-order valence-electron chi connectivity index (χ4n) is 4.27. The van der Waals surface area contributed by atoms with Gasteiger partial charge in [0.05, 0.1) is 0 Å². The Labute approximate surface area is 131 Å². The lowest BCUT2D eigenvalue weighted by molar-refractivity contribution is 0.158. The van der Waals surface area contributed by atoms with Crippen molar-refractivity contribution in [3.05, 3.63) is 34.3 Å². The van der Waals surface area contributed by atoms with Crippen LogP contribution in [0.1, 0.15) is 50.5 Å². The molecule has 1 aliphatic carbocycles. The largest absolute Gasteiger partial charge is 0.316 e. The number of hydrogen-bond acceptors (Lipinski definition) is 1. The van der Waals surface area contributed by atoms with Crippen molar-refractivity contribution >= 4 is 15.9 Å². The van der Waals surface area contributed by atoms with Gasteiger partial charge in [0.2, 0.25) is 0 Å². The van der Waals surface area contributed by atoms with Gasteiger partial charge in [-0.15, -0.1) is 0 Å². The van der Waals surface area contributed by atoms with E-state index < -0.39 is 0 Å². The van der Waals surface area contributed by atoms with E-state index in [9.17, 15) is 0 Å². The molecule has 1 nitrogen and oxygen atoms in total. The van der Waals surface area contributed by atoms with E-state index in [1.165, 1.54) is 48.7 Å². The van der Waals surface area contributed by atoms with E-state index in [1.54, 1.807) is 0 Å². The van der Waals surface area contributed by atoms with E-state index in [4.69, 9.17) is 0 Å². The van der Waals surface area contributed by atoms with Gasteiger partial charge in [0, 0.05) is 16.9 Å². The summed E-state index contributed by atoms with van der Waals surface area (Å²) in [4.78, 5) is 0. The highest BCUT2D eigenvalue weighted by Gasteiger charge is 2.34. The summed E-state index contributed by atoms with van der Waals surface area (Å²) in [5.41, 5.74) is 1.52. The van der Waals surface area contributed by atoms with Crippen molar-refractivity contribution in [2.45, 2.75) is 44.9 Å². The second-order valence-electron chi connectivity index (χ2n) is 6.80. The van der Waals surface area contributed by atoms with E-state index in [0.29, 0.717) is 5.92 Å². The highest BCUT2D eigenvalue weighted by Crippen LogP contribution is 2.43. The Bertz CT molecular complexity index is 437. The van der Waals surface area contributed by atoms with Crippen molar-refractivity contribution < 1.29 is 0 Å². The Morgan fingerprint density at radius 1 is 1.05 bits per heavy atom. The fourth-order valence-corrected chi connectivity index (χ4v) is 4.85. The Morgan fingerprint density at radius 3 is 2.55 bits per heavy atom. The maximum atomic E-state index is 3.77. The summed E-state index contributed by atoms with van der Waals surface area (Å²) in [7, 11) is 0. The number of nitrogens with one attached hydrogen (secondary N) is 1. The van der Waals surface area contributed by atoms with Crippen molar-refractivity contribution in [2.24, 2.45) is 17.8 Å². The molecule has 0 radical (unpaired) electrons. The first-order chi connectivity index (χ1) is 9.75. The Balaban J connectivity index is 1.79. The lowest BCUT2D eigenvalue weighted by Gasteiger charge is -2.41. The summed E-state index contributed by atoms with van der Waals surface area (Å²) in [5, 5.41) is 3.62. The van der Waals surface area contributed by atoms with Gasteiger partial charge in [-0.2, -0.15) is 0 Å². The molecule has 2 fully saturated rings. The van der Waals surface area contributed by atoms with Crippen LogP contribution < -0.4 is 5.32 Å². The van der Waals surface area contributed by atoms with E-state index in [-0.39, 0.29) is 0 Å². The van der Waals surface area contributed by atoms with Crippen LogP contribution in [0.4, 0.5) is 0 Å². The standard InChI is InChI=1S/C18H26BrN/c1-13-6-8-14(9-7-13)15-10-11-20-12-17(15)16-4-2-3-5-18(16)19/h2-5,13-15,17,20H,6-12H2,1H3. The third-order valence-electron chi connectivity index (χ3n) is 5.51. The smallest absolute Gasteiger partial charge is 0.0210 e. The third-order valence-corrected chi connectivity index (χ3v) is 6.23. The average Bonchev–Trinajstić information content (AvgIpc) is 2.49. The zero-order chi connectivity index (χ0) is 13.9. The summed E-state index contributed by atoms with van der Waals surface area (Å²) in [6, 6.07) is 8.83. The van der Waals surface area contributed by atoms with E-state index in [0.717, 1.165) is 24.3 Å². The SMILES string of the molecule is CC1CCC(C2CCNCC2c2ccccc2Br)CC1. The van der Waals surface area contributed by atoms with Crippen molar-refractivity contribution in [1.82, 2.24) is 5.32 Å². The molecule has 1 N–H and O–H groups in total. The fraction of sp³-hybridized carbons (Fsp3) is 0.667. The van der Waals surface area contributed by atoms with Gasteiger partial charge in [0.1, 0.15) is 0 Å². The van der Waals surface area contributed by atoms with Gasteiger partial charge in [0.15, 0.2) is 0 Å². The molecule has 20 heavy (non-hydrogen) atoms. The highest BCUT2D eigenvalue weighted by atomic mass is 79.9. The maximum Gasteiger partial charge on any atom is 0.0210 e. The molecule has 1 aromatic carbocycles. The lowest BCUT2D eigenvalue weighted by atomic mass is 9.68. The molecule has 0 spiro atoms. The molecule has 1 saturated heterocycles. The topological polar surface area (TPSA) is 12.0 Å². The first-order valence-corrected chi connectivity index (χ1v) is 9.00. The van der Waals surface area contributed by atoms with Gasteiger partial charge >= 0.3 is 0 Å². The predicted molar refractivity (Wildman–Crippen MR) is 89.0 cm³/mol. The van der Waals surface area contributed by atoms with Crippen LogP contribution in [0.25, 0.3) is 0 Å². The third kappa shape index (κ3) is 3.12. The number of rotatable bonds is 2. The second-order valence-corrected chi connectivity index (χ2v) is 7.66. The van der Waals surface area contributed by atoms with E-state index in [2.05, 4.69) is 52.4 Å². The molecular formula is C18H26BrN. The molecule has 0 bridgehead atoms. The molecule has 2 heteroatoms. The average molecular weight is 336 g/mol. The molecule has 1 saturated carbocycles. The maximum absolute atomic E-state index is 3.77. The lowest BCUT2D eigenvalue weighted by Crippen LogP contribution is -2.39. The van der Waals surface area contributed by atoms with Crippen LogP contribution in [-0.2, 0) is 0 Å². The number of benzene rings is 1. The normalized spacial score (nSPS) is 34.9. The minimum atomic E-state index is 0.692. The quantitative estimate of drug-likeness (QED) is 0.804. The first kappa shape index (κ1) is 14.6. The zero-order valence-corrected chi connectivity index (χ0v) is 14.0. The van der Waals surface area contributed by atoms with Crippen LogP contribution in [0, 0.1) is 17.8 Å². The van der Waals surface area contributed by atoms with Crippen molar-refractivity contribution in [2.75, 3.05) is 13.1 Å². The molecule has 0 amide bonds. The second kappa shape index (κ2) is 6.62. The zero-order valence-electron chi connectivity index (χ0n) is 12.4. The monoisotopic (exact) mass is 335 g/mol. The molecule has 3 rings (SSSR count). The highest BCUT2D eigenvalue weighted by molar-refractivity contribution is 9.10. The van der Waals surface area contributed by atoms with Crippen LogP contribution in [0.2, 0.25) is 0 Å². The molecule has 2 atom stereocenters. The summed E-state index contributed by atoms with van der Waals surface area (Å²) >= 11 is 3.77. The van der Waals surface area contributed by atoms with Gasteiger partial charge in [-0.3, -0.25) is 0 Å². The van der Waals surface area contributed by atoms with Crippen LogP contribution in [0.5, 0.6) is 0 Å². The molecule has 1 heterocycles. The number of hydrogen-bond donors (Lipinski definition) is 1. The summed E-state index contributed by atoms with van der Waals surface area (Å²) < 4.78 is 1.29. The Kier molecular flexibility index (Phi) is 4.83. The van der Waals surface area contributed by atoms with Crippen molar-refractivity contribution in [3.8, 4) is 0 Å². The first-order valence-electron chi connectivity index (χ1n) is 8.21.